The molecule has 0 aliphatic carbocycles. The highest BCUT2D eigenvalue weighted by molar-refractivity contribution is 5.88. The number of carboxylic acids is 1. The van der Waals surface area contributed by atoms with Crippen LogP contribution in [0.4, 0.5) is 5.69 Å². The Morgan fingerprint density at radius 3 is 2.15 bits per heavy atom. The molecule has 0 saturated heterocycles. The van der Waals surface area contributed by atoms with Gasteiger partial charge in [0.1, 0.15) is 0 Å². The van der Waals surface area contributed by atoms with Gasteiger partial charge in [-0.3, -0.25) is 0 Å². The average Bonchev–Trinajstić information content (AvgIpc) is 2.47. The van der Waals surface area contributed by atoms with E-state index in [-0.39, 0.29) is 0 Å². The number of carboxylic acid groups (broad SMARTS) is 1. The third kappa shape index (κ3) is 3.38. The summed E-state index contributed by atoms with van der Waals surface area (Å²) in [5.74, 6) is -0.891. The SMILES string of the molecule is CCN(Cc1ccc(C)cc1)c1ccc(C(=O)O)cc1. The van der Waals surface area contributed by atoms with Crippen LogP contribution in [0.5, 0.6) is 0 Å². The van der Waals surface area contributed by atoms with E-state index < -0.39 is 5.97 Å². The van der Waals surface area contributed by atoms with Gasteiger partial charge in [-0.05, 0) is 43.7 Å². The van der Waals surface area contributed by atoms with Gasteiger partial charge >= 0.3 is 5.97 Å². The molecular weight excluding hydrogens is 250 g/mol. The molecule has 20 heavy (non-hydrogen) atoms. The second kappa shape index (κ2) is 6.24. The van der Waals surface area contributed by atoms with Crippen LogP contribution < -0.4 is 4.90 Å². The van der Waals surface area contributed by atoms with E-state index in [0.717, 1.165) is 18.8 Å². The Balaban J connectivity index is 2.15. The number of hydrogen-bond acceptors (Lipinski definition) is 2. The fourth-order valence-corrected chi connectivity index (χ4v) is 2.11. The highest BCUT2D eigenvalue weighted by atomic mass is 16.4. The third-order valence-corrected chi connectivity index (χ3v) is 3.36. The first-order valence-electron chi connectivity index (χ1n) is 6.74. The summed E-state index contributed by atoms with van der Waals surface area (Å²) in [5, 5.41) is 8.92. The molecule has 0 aromatic heterocycles. The van der Waals surface area contributed by atoms with E-state index in [1.807, 2.05) is 12.1 Å². The first kappa shape index (κ1) is 14.1. The fourth-order valence-electron chi connectivity index (χ4n) is 2.11. The van der Waals surface area contributed by atoms with E-state index in [2.05, 4.69) is 43.0 Å². The van der Waals surface area contributed by atoms with Gasteiger partial charge in [0.15, 0.2) is 0 Å². The van der Waals surface area contributed by atoms with Crippen LogP contribution in [-0.4, -0.2) is 17.6 Å². The second-order valence-corrected chi connectivity index (χ2v) is 4.85. The van der Waals surface area contributed by atoms with Crippen molar-refractivity contribution in [3.8, 4) is 0 Å². The van der Waals surface area contributed by atoms with E-state index in [0.29, 0.717) is 5.56 Å². The van der Waals surface area contributed by atoms with Crippen LogP contribution in [0.15, 0.2) is 48.5 Å². The fraction of sp³-hybridized carbons (Fsp3) is 0.235. The summed E-state index contributed by atoms with van der Waals surface area (Å²) >= 11 is 0. The van der Waals surface area contributed by atoms with E-state index in [9.17, 15) is 4.79 Å². The maximum absolute atomic E-state index is 10.9. The van der Waals surface area contributed by atoms with Crippen LogP contribution >= 0.6 is 0 Å². The molecule has 104 valence electrons. The Labute approximate surface area is 119 Å². The van der Waals surface area contributed by atoms with E-state index in [4.69, 9.17) is 5.11 Å². The molecule has 3 nitrogen and oxygen atoms in total. The summed E-state index contributed by atoms with van der Waals surface area (Å²) in [6.07, 6.45) is 0. The van der Waals surface area contributed by atoms with Crippen LogP contribution in [0.2, 0.25) is 0 Å². The van der Waals surface area contributed by atoms with Gasteiger partial charge in [-0.1, -0.05) is 29.8 Å². The Hall–Kier alpha value is -2.29. The van der Waals surface area contributed by atoms with Crippen molar-refractivity contribution in [3.05, 3.63) is 65.2 Å². The summed E-state index contributed by atoms with van der Waals surface area (Å²) < 4.78 is 0. The number of aryl methyl sites for hydroxylation is 1. The topological polar surface area (TPSA) is 40.5 Å². The molecule has 0 aliphatic heterocycles. The van der Waals surface area contributed by atoms with Gasteiger partial charge in [-0.25, -0.2) is 4.79 Å². The zero-order chi connectivity index (χ0) is 14.5. The lowest BCUT2D eigenvalue weighted by molar-refractivity contribution is 0.0697. The molecule has 0 saturated carbocycles. The van der Waals surface area contributed by atoms with Gasteiger partial charge in [0.2, 0.25) is 0 Å². The Morgan fingerprint density at radius 1 is 1.05 bits per heavy atom. The van der Waals surface area contributed by atoms with Gasteiger partial charge in [-0.2, -0.15) is 0 Å². The zero-order valence-corrected chi connectivity index (χ0v) is 11.8. The minimum Gasteiger partial charge on any atom is -0.478 e. The number of aromatic carboxylic acids is 1. The average molecular weight is 269 g/mol. The van der Waals surface area contributed by atoms with E-state index in [1.54, 1.807) is 12.1 Å². The molecule has 1 N–H and O–H groups in total. The molecular formula is C17H19NO2. The van der Waals surface area contributed by atoms with Crippen molar-refractivity contribution in [2.45, 2.75) is 20.4 Å². The summed E-state index contributed by atoms with van der Waals surface area (Å²) in [5.41, 5.74) is 3.86. The molecule has 0 radical (unpaired) electrons. The van der Waals surface area contributed by atoms with Gasteiger partial charge < -0.3 is 10.0 Å². The van der Waals surface area contributed by atoms with Crippen molar-refractivity contribution in [3.63, 3.8) is 0 Å². The summed E-state index contributed by atoms with van der Waals surface area (Å²) in [6.45, 7) is 5.87. The first-order chi connectivity index (χ1) is 9.60. The zero-order valence-electron chi connectivity index (χ0n) is 11.8. The standard InChI is InChI=1S/C17H19NO2/c1-3-18(12-14-6-4-13(2)5-7-14)16-10-8-15(9-11-16)17(19)20/h4-11H,3,12H2,1-2H3,(H,19,20). The number of carbonyl (C=O) groups is 1. The third-order valence-electron chi connectivity index (χ3n) is 3.36. The highest BCUT2D eigenvalue weighted by Crippen LogP contribution is 2.18. The summed E-state index contributed by atoms with van der Waals surface area (Å²) in [7, 11) is 0. The minimum absolute atomic E-state index is 0.320. The van der Waals surface area contributed by atoms with Crippen molar-refractivity contribution in [2.75, 3.05) is 11.4 Å². The molecule has 0 amide bonds. The molecule has 0 spiro atoms. The number of rotatable bonds is 5. The number of benzene rings is 2. The molecule has 0 aliphatic rings. The molecule has 3 heteroatoms. The second-order valence-electron chi connectivity index (χ2n) is 4.85. The molecule has 2 aromatic rings. The predicted octanol–water partition coefficient (Wildman–Crippen LogP) is 3.72. The van der Waals surface area contributed by atoms with E-state index in [1.165, 1.54) is 11.1 Å². The molecule has 0 unspecified atom stereocenters. The van der Waals surface area contributed by atoms with Gasteiger partial charge in [0.25, 0.3) is 0 Å². The lowest BCUT2D eigenvalue weighted by atomic mass is 10.1. The first-order valence-corrected chi connectivity index (χ1v) is 6.74. The largest absolute Gasteiger partial charge is 0.478 e. The van der Waals surface area contributed by atoms with E-state index >= 15 is 0 Å². The monoisotopic (exact) mass is 269 g/mol. The highest BCUT2D eigenvalue weighted by Gasteiger charge is 2.07. The molecule has 0 heterocycles. The van der Waals surface area contributed by atoms with Crippen LogP contribution in [0.25, 0.3) is 0 Å². The van der Waals surface area contributed by atoms with Crippen molar-refractivity contribution < 1.29 is 9.90 Å². The molecule has 0 fully saturated rings. The Morgan fingerprint density at radius 2 is 1.65 bits per heavy atom. The smallest absolute Gasteiger partial charge is 0.335 e. The van der Waals surface area contributed by atoms with Crippen LogP contribution in [0.1, 0.15) is 28.4 Å². The number of hydrogen-bond donors (Lipinski definition) is 1. The Bertz CT molecular complexity index is 573. The lowest BCUT2D eigenvalue weighted by Crippen LogP contribution is -2.21. The maximum Gasteiger partial charge on any atom is 0.335 e. The minimum atomic E-state index is -0.891. The summed E-state index contributed by atoms with van der Waals surface area (Å²) in [6, 6.07) is 15.5. The van der Waals surface area contributed by atoms with Gasteiger partial charge in [0, 0.05) is 18.8 Å². The molecule has 0 bridgehead atoms. The Kier molecular flexibility index (Phi) is 4.41. The lowest BCUT2D eigenvalue weighted by Gasteiger charge is -2.23. The molecule has 0 atom stereocenters. The van der Waals surface area contributed by atoms with Crippen LogP contribution in [0.3, 0.4) is 0 Å². The maximum atomic E-state index is 10.9. The van der Waals surface area contributed by atoms with Gasteiger partial charge in [0.05, 0.1) is 5.56 Å². The molecule has 2 rings (SSSR count). The van der Waals surface area contributed by atoms with Crippen molar-refractivity contribution >= 4 is 11.7 Å². The predicted molar refractivity (Wildman–Crippen MR) is 81.3 cm³/mol. The van der Waals surface area contributed by atoms with Gasteiger partial charge in [-0.15, -0.1) is 0 Å². The van der Waals surface area contributed by atoms with Crippen LogP contribution in [0, 0.1) is 6.92 Å². The number of anilines is 1. The van der Waals surface area contributed by atoms with Crippen molar-refractivity contribution in [2.24, 2.45) is 0 Å². The normalized spacial score (nSPS) is 10.3. The van der Waals surface area contributed by atoms with Crippen LogP contribution in [-0.2, 0) is 6.54 Å². The molecule has 2 aromatic carbocycles. The number of nitrogens with zero attached hydrogens (tertiary/aromatic N) is 1. The van der Waals surface area contributed by atoms with Crippen molar-refractivity contribution in [1.82, 2.24) is 0 Å². The quantitative estimate of drug-likeness (QED) is 0.899. The van der Waals surface area contributed by atoms with Crippen molar-refractivity contribution in [1.29, 1.82) is 0 Å². The summed E-state index contributed by atoms with van der Waals surface area (Å²) in [4.78, 5) is 13.1.